The molecule has 2 aromatic heterocycles. The molecule has 0 bridgehead atoms. The van der Waals surface area contributed by atoms with E-state index in [1.807, 2.05) is 12.5 Å². The van der Waals surface area contributed by atoms with Crippen LogP contribution in [0.15, 0.2) is 10.3 Å². The summed E-state index contributed by atoms with van der Waals surface area (Å²) in [6, 6.07) is 0. The molecule has 2 N–H and O–H groups in total. The molecular formula is C7H8N4S3. The SMILES string of the molecule is CSc1nc(=S)c2[nH]c(SC)nc2[nH]1. The van der Waals surface area contributed by atoms with Gasteiger partial charge in [-0.3, -0.25) is 0 Å². The van der Waals surface area contributed by atoms with Crippen LogP contribution in [0.4, 0.5) is 0 Å². The molecule has 0 amide bonds. The van der Waals surface area contributed by atoms with Crippen LogP contribution < -0.4 is 0 Å². The Labute approximate surface area is 94.3 Å². The minimum atomic E-state index is 0.566. The van der Waals surface area contributed by atoms with Gasteiger partial charge in [0.25, 0.3) is 0 Å². The second-order valence-corrected chi connectivity index (χ2v) is 4.50. The average Bonchev–Trinajstić information content (AvgIpc) is 2.61. The van der Waals surface area contributed by atoms with E-state index in [1.165, 1.54) is 11.8 Å². The molecule has 0 fully saturated rings. The van der Waals surface area contributed by atoms with Crippen molar-refractivity contribution in [2.75, 3.05) is 12.5 Å². The average molecular weight is 244 g/mol. The summed E-state index contributed by atoms with van der Waals surface area (Å²) in [5, 5.41) is 1.64. The molecule has 0 saturated carbocycles. The Morgan fingerprint density at radius 1 is 1.07 bits per heavy atom. The van der Waals surface area contributed by atoms with Gasteiger partial charge in [0.15, 0.2) is 20.6 Å². The smallest absolute Gasteiger partial charge is 0.168 e. The van der Waals surface area contributed by atoms with Crippen LogP contribution in [0.1, 0.15) is 0 Å². The standard InChI is InChI=1S/C7H8N4S3/c1-13-6-8-3-4(9-6)10-7(14-2)11-5(3)12/h1-2H3,(H2,8,9,10,11,12). The van der Waals surface area contributed by atoms with Crippen molar-refractivity contribution in [1.29, 1.82) is 0 Å². The van der Waals surface area contributed by atoms with Crippen molar-refractivity contribution in [3.63, 3.8) is 0 Å². The van der Waals surface area contributed by atoms with E-state index >= 15 is 0 Å². The van der Waals surface area contributed by atoms with Crippen molar-refractivity contribution in [3.8, 4) is 0 Å². The molecular weight excluding hydrogens is 236 g/mol. The number of rotatable bonds is 2. The van der Waals surface area contributed by atoms with E-state index < -0.39 is 0 Å². The lowest BCUT2D eigenvalue weighted by Gasteiger charge is -1.94. The van der Waals surface area contributed by atoms with Crippen LogP contribution in [-0.4, -0.2) is 32.4 Å². The zero-order chi connectivity index (χ0) is 10.1. The highest BCUT2D eigenvalue weighted by molar-refractivity contribution is 7.98. The molecule has 0 unspecified atom stereocenters. The quantitative estimate of drug-likeness (QED) is 0.483. The Morgan fingerprint density at radius 3 is 2.36 bits per heavy atom. The van der Waals surface area contributed by atoms with Gasteiger partial charge in [-0.1, -0.05) is 35.7 Å². The van der Waals surface area contributed by atoms with Crippen LogP contribution in [-0.2, 0) is 0 Å². The van der Waals surface area contributed by atoms with E-state index in [0.29, 0.717) is 4.64 Å². The Kier molecular flexibility index (Phi) is 2.80. The molecule has 7 heteroatoms. The van der Waals surface area contributed by atoms with Gasteiger partial charge < -0.3 is 9.97 Å². The number of fused-ring (bicyclic) bond motifs is 1. The Hall–Kier alpha value is -0.530. The summed E-state index contributed by atoms with van der Waals surface area (Å²) < 4.78 is 0.566. The maximum absolute atomic E-state index is 5.14. The van der Waals surface area contributed by atoms with Crippen molar-refractivity contribution in [3.05, 3.63) is 4.64 Å². The van der Waals surface area contributed by atoms with Gasteiger partial charge in [0.1, 0.15) is 5.52 Å². The van der Waals surface area contributed by atoms with E-state index in [9.17, 15) is 0 Å². The maximum atomic E-state index is 5.14. The van der Waals surface area contributed by atoms with Crippen molar-refractivity contribution in [1.82, 2.24) is 19.9 Å². The van der Waals surface area contributed by atoms with Gasteiger partial charge in [0, 0.05) is 0 Å². The fraction of sp³-hybridized carbons (Fsp3) is 0.286. The summed E-state index contributed by atoms with van der Waals surface area (Å²) in [6.45, 7) is 0. The number of hydrogen-bond acceptors (Lipinski definition) is 5. The molecule has 0 aliphatic heterocycles. The van der Waals surface area contributed by atoms with E-state index in [-0.39, 0.29) is 0 Å². The summed E-state index contributed by atoms with van der Waals surface area (Å²) in [4.78, 5) is 14.8. The topological polar surface area (TPSA) is 57.4 Å². The lowest BCUT2D eigenvalue weighted by Crippen LogP contribution is -1.87. The monoisotopic (exact) mass is 244 g/mol. The van der Waals surface area contributed by atoms with Gasteiger partial charge in [-0.05, 0) is 12.5 Å². The lowest BCUT2D eigenvalue weighted by atomic mass is 10.6. The van der Waals surface area contributed by atoms with Crippen molar-refractivity contribution < 1.29 is 0 Å². The fourth-order valence-corrected chi connectivity index (χ4v) is 2.13. The van der Waals surface area contributed by atoms with Crippen LogP contribution in [0.5, 0.6) is 0 Å². The van der Waals surface area contributed by atoms with E-state index in [1.54, 1.807) is 11.8 Å². The zero-order valence-corrected chi connectivity index (χ0v) is 10.1. The van der Waals surface area contributed by atoms with Crippen LogP contribution in [0.2, 0.25) is 0 Å². The molecule has 2 aromatic rings. The summed E-state index contributed by atoms with van der Waals surface area (Å²) >= 11 is 8.21. The number of nitrogens with zero attached hydrogens (tertiary/aromatic N) is 2. The van der Waals surface area contributed by atoms with Gasteiger partial charge in [-0.2, -0.15) is 0 Å². The summed E-state index contributed by atoms with van der Waals surface area (Å²) in [7, 11) is 0. The third kappa shape index (κ3) is 1.67. The van der Waals surface area contributed by atoms with Gasteiger partial charge in [-0.15, -0.1) is 0 Å². The van der Waals surface area contributed by atoms with Crippen LogP contribution in [0.3, 0.4) is 0 Å². The minimum Gasteiger partial charge on any atom is -0.329 e. The summed E-state index contributed by atoms with van der Waals surface area (Å²) in [6.07, 6.45) is 3.91. The fourth-order valence-electron chi connectivity index (χ4n) is 1.07. The van der Waals surface area contributed by atoms with Gasteiger partial charge >= 0.3 is 0 Å². The van der Waals surface area contributed by atoms with E-state index in [0.717, 1.165) is 21.5 Å². The molecule has 74 valence electrons. The van der Waals surface area contributed by atoms with Crippen molar-refractivity contribution in [2.24, 2.45) is 0 Å². The highest BCUT2D eigenvalue weighted by Gasteiger charge is 2.05. The molecule has 4 nitrogen and oxygen atoms in total. The second-order valence-electron chi connectivity index (χ2n) is 2.52. The molecule has 0 saturated heterocycles. The van der Waals surface area contributed by atoms with E-state index in [2.05, 4.69) is 19.9 Å². The predicted molar refractivity (Wildman–Crippen MR) is 62.6 cm³/mol. The second kappa shape index (κ2) is 3.92. The number of hydrogen-bond donors (Lipinski definition) is 2. The summed E-state index contributed by atoms with van der Waals surface area (Å²) in [5.74, 6) is 0. The van der Waals surface area contributed by atoms with Crippen LogP contribution in [0.25, 0.3) is 11.2 Å². The molecule has 0 aromatic carbocycles. The molecule has 0 atom stereocenters. The van der Waals surface area contributed by atoms with Crippen LogP contribution >= 0.6 is 35.7 Å². The molecule has 14 heavy (non-hydrogen) atoms. The zero-order valence-electron chi connectivity index (χ0n) is 7.62. The maximum Gasteiger partial charge on any atom is 0.168 e. The largest absolute Gasteiger partial charge is 0.329 e. The predicted octanol–water partition coefficient (Wildman–Crippen LogP) is 2.46. The number of H-pyrrole nitrogens is 2. The molecule has 2 heterocycles. The van der Waals surface area contributed by atoms with Gasteiger partial charge in [0.05, 0.1) is 0 Å². The lowest BCUT2D eigenvalue weighted by molar-refractivity contribution is 0.984. The Bertz CT molecular complexity index is 515. The number of aromatic nitrogens is 4. The first-order chi connectivity index (χ1) is 6.74. The molecule has 0 aliphatic rings. The number of aromatic amines is 2. The van der Waals surface area contributed by atoms with Gasteiger partial charge in [0.2, 0.25) is 0 Å². The first kappa shape index (κ1) is 10.0. The summed E-state index contributed by atoms with van der Waals surface area (Å²) in [5.41, 5.74) is 1.58. The number of thioether (sulfide) groups is 2. The Morgan fingerprint density at radius 2 is 1.71 bits per heavy atom. The molecule has 0 aliphatic carbocycles. The third-order valence-corrected chi connectivity index (χ3v) is 3.17. The Balaban J connectivity index is 2.73. The van der Waals surface area contributed by atoms with Gasteiger partial charge in [-0.25, -0.2) is 9.97 Å². The van der Waals surface area contributed by atoms with Crippen LogP contribution in [0, 0.1) is 4.64 Å². The number of nitrogens with one attached hydrogen (secondary N) is 2. The third-order valence-electron chi connectivity index (χ3n) is 1.71. The highest BCUT2D eigenvalue weighted by atomic mass is 32.2. The normalized spacial score (nSPS) is 11.0. The van der Waals surface area contributed by atoms with Crippen molar-refractivity contribution >= 4 is 46.9 Å². The van der Waals surface area contributed by atoms with E-state index in [4.69, 9.17) is 12.2 Å². The first-order valence-corrected chi connectivity index (χ1v) is 6.68. The minimum absolute atomic E-state index is 0.566. The number of imidazole rings is 1. The molecule has 2 rings (SSSR count). The molecule has 0 radical (unpaired) electrons. The van der Waals surface area contributed by atoms with Crippen molar-refractivity contribution in [2.45, 2.75) is 10.3 Å². The highest BCUT2D eigenvalue weighted by Crippen LogP contribution is 2.18. The molecule has 0 spiro atoms. The first-order valence-electron chi connectivity index (χ1n) is 3.82.